The maximum absolute atomic E-state index is 12.3. The van der Waals surface area contributed by atoms with E-state index in [-0.39, 0.29) is 11.3 Å². The number of carbonyl (C=O) groups excluding carboxylic acids is 1. The first kappa shape index (κ1) is 13.5. The standard InChI is InChI=1S/C14H27NO/c1-5-14(6-2,7-3)13(16)15-11(4)12-9-8-10-12/h11-12H,5-10H2,1-4H3,(H,15,16). The minimum Gasteiger partial charge on any atom is -0.353 e. The minimum atomic E-state index is -0.127. The van der Waals surface area contributed by atoms with Crippen molar-refractivity contribution in [3.05, 3.63) is 0 Å². The Morgan fingerprint density at radius 3 is 2.06 bits per heavy atom. The van der Waals surface area contributed by atoms with Gasteiger partial charge in [0, 0.05) is 11.5 Å². The third-order valence-corrected chi connectivity index (χ3v) is 4.73. The second kappa shape index (κ2) is 5.70. The van der Waals surface area contributed by atoms with Crippen molar-refractivity contribution in [3.63, 3.8) is 0 Å². The van der Waals surface area contributed by atoms with Gasteiger partial charge in [-0.25, -0.2) is 0 Å². The second-order valence-electron chi connectivity index (χ2n) is 5.29. The van der Waals surface area contributed by atoms with E-state index < -0.39 is 0 Å². The zero-order valence-corrected chi connectivity index (χ0v) is 11.3. The molecule has 1 atom stereocenters. The SMILES string of the molecule is CCC(CC)(CC)C(=O)NC(C)C1CCC1. The number of hydrogen-bond acceptors (Lipinski definition) is 1. The molecular weight excluding hydrogens is 198 g/mol. The summed E-state index contributed by atoms with van der Waals surface area (Å²) in [5.41, 5.74) is -0.127. The van der Waals surface area contributed by atoms with Crippen LogP contribution in [-0.2, 0) is 4.79 Å². The van der Waals surface area contributed by atoms with Gasteiger partial charge in [-0.1, -0.05) is 27.2 Å². The number of carbonyl (C=O) groups is 1. The molecule has 0 aromatic carbocycles. The predicted molar refractivity (Wildman–Crippen MR) is 68.3 cm³/mol. The zero-order chi connectivity index (χ0) is 12.2. The van der Waals surface area contributed by atoms with Crippen LogP contribution in [0.2, 0.25) is 0 Å². The average Bonchev–Trinajstić information content (AvgIpc) is 2.18. The topological polar surface area (TPSA) is 29.1 Å². The lowest BCUT2D eigenvalue weighted by molar-refractivity contribution is -0.133. The van der Waals surface area contributed by atoms with E-state index in [4.69, 9.17) is 0 Å². The molecule has 0 heterocycles. The van der Waals surface area contributed by atoms with E-state index in [1.165, 1.54) is 19.3 Å². The van der Waals surface area contributed by atoms with Crippen molar-refractivity contribution < 1.29 is 4.79 Å². The van der Waals surface area contributed by atoms with Gasteiger partial charge in [-0.15, -0.1) is 0 Å². The van der Waals surface area contributed by atoms with E-state index in [1.54, 1.807) is 0 Å². The van der Waals surface area contributed by atoms with Gasteiger partial charge in [-0.2, -0.15) is 0 Å². The fraction of sp³-hybridized carbons (Fsp3) is 0.929. The predicted octanol–water partition coefficient (Wildman–Crippen LogP) is 3.51. The molecule has 0 bridgehead atoms. The van der Waals surface area contributed by atoms with Gasteiger partial charge in [0.2, 0.25) is 5.91 Å². The van der Waals surface area contributed by atoms with Gasteiger partial charge in [0.15, 0.2) is 0 Å². The fourth-order valence-corrected chi connectivity index (χ4v) is 2.65. The van der Waals surface area contributed by atoms with Crippen LogP contribution in [0.3, 0.4) is 0 Å². The monoisotopic (exact) mass is 225 g/mol. The molecule has 2 nitrogen and oxygen atoms in total. The molecule has 0 aromatic heterocycles. The zero-order valence-electron chi connectivity index (χ0n) is 11.3. The van der Waals surface area contributed by atoms with Crippen LogP contribution < -0.4 is 5.32 Å². The van der Waals surface area contributed by atoms with Gasteiger partial charge >= 0.3 is 0 Å². The highest BCUT2D eigenvalue weighted by Gasteiger charge is 2.35. The highest BCUT2D eigenvalue weighted by Crippen LogP contribution is 2.33. The summed E-state index contributed by atoms with van der Waals surface area (Å²) in [5, 5.41) is 3.24. The molecule has 1 rings (SSSR count). The highest BCUT2D eigenvalue weighted by molar-refractivity contribution is 5.82. The van der Waals surface area contributed by atoms with Crippen molar-refractivity contribution >= 4 is 5.91 Å². The number of amides is 1. The molecule has 0 aromatic rings. The molecule has 94 valence electrons. The first-order chi connectivity index (χ1) is 7.59. The van der Waals surface area contributed by atoms with Crippen molar-refractivity contribution in [2.24, 2.45) is 11.3 Å². The van der Waals surface area contributed by atoms with Crippen LogP contribution in [0.5, 0.6) is 0 Å². The van der Waals surface area contributed by atoms with Crippen molar-refractivity contribution in [1.82, 2.24) is 5.32 Å². The molecule has 2 heteroatoms. The molecule has 0 aliphatic heterocycles. The fourth-order valence-electron chi connectivity index (χ4n) is 2.65. The van der Waals surface area contributed by atoms with E-state index >= 15 is 0 Å². The normalized spacial score (nSPS) is 19.0. The average molecular weight is 225 g/mol. The summed E-state index contributed by atoms with van der Waals surface area (Å²) < 4.78 is 0. The highest BCUT2D eigenvalue weighted by atomic mass is 16.2. The van der Waals surface area contributed by atoms with Crippen molar-refractivity contribution in [2.75, 3.05) is 0 Å². The van der Waals surface area contributed by atoms with Crippen LogP contribution in [0, 0.1) is 11.3 Å². The van der Waals surface area contributed by atoms with Crippen LogP contribution in [0.4, 0.5) is 0 Å². The van der Waals surface area contributed by atoms with Crippen molar-refractivity contribution in [2.45, 2.75) is 72.3 Å². The first-order valence-electron chi connectivity index (χ1n) is 6.90. The molecule has 1 N–H and O–H groups in total. The lowest BCUT2D eigenvalue weighted by atomic mass is 9.77. The van der Waals surface area contributed by atoms with E-state index in [0.717, 1.165) is 25.2 Å². The van der Waals surface area contributed by atoms with Gasteiger partial charge in [-0.05, 0) is 44.9 Å². The van der Waals surface area contributed by atoms with E-state index in [0.29, 0.717) is 6.04 Å². The Morgan fingerprint density at radius 2 is 1.75 bits per heavy atom. The van der Waals surface area contributed by atoms with Gasteiger partial charge in [0.05, 0.1) is 0 Å². The van der Waals surface area contributed by atoms with E-state index in [2.05, 4.69) is 33.0 Å². The Morgan fingerprint density at radius 1 is 1.25 bits per heavy atom. The second-order valence-corrected chi connectivity index (χ2v) is 5.29. The minimum absolute atomic E-state index is 0.127. The van der Waals surface area contributed by atoms with Gasteiger partial charge < -0.3 is 5.32 Å². The lowest BCUT2D eigenvalue weighted by Crippen LogP contribution is -2.47. The molecule has 1 fully saturated rings. The summed E-state index contributed by atoms with van der Waals surface area (Å²) in [7, 11) is 0. The Bertz CT molecular complexity index is 221. The lowest BCUT2D eigenvalue weighted by Gasteiger charge is -2.36. The quantitative estimate of drug-likeness (QED) is 0.736. The van der Waals surface area contributed by atoms with Crippen molar-refractivity contribution in [3.8, 4) is 0 Å². The molecule has 1 saturated carbocycles. The Hall–Kier alpha value is -0.530. The molecular formula is C14H27NO. The largest absolute Gasteiger partial charge is 0.353 e. The van der Waals surface area contributed by atoms with Crippen LogP contribution in [-0.4, -0.2) is 11.9 Å². The molecule has 0 radical (unpaired) electrons. The van der Waals surface area contributed by atoms with E-state index in [9.17, 15) is 4.79 Å². The summed E-state index contributed by atoms with van der Waals surface area (Å²) in [6.07, 6.45) is 6.76. The van der Waals surface area contributed by atoms with Crippen LogP contribution in [0.15, 0.2) is 0 Å². The summed E-state index contributed by atoms with van der Waals surface area (Å²) in [6, 6.07) is 0.366. The van der Waals surface area contributed by atoms with Gasteiger partial charge in [-0.3, -0.25) is 4.79 Å². The van der Waals surface area contributed by atoms with Crippen LogP contribution in [0.25, 0.3) is 0 Å². The summed E-state index contributed by atoms with van der Waals surface area (Å²) >= 11 is 0. The maximum Gasteiger partial charge on any atom is 0.226 e. The first-order valence-corrected chi connectivity index (χ1v) is 6.90. The maximum atomic E-state index is 12.3. The molecule has 0 saturated heterocycles. The van der Waals surface area contributed by atoms with Gasteiger partial charge in [0.25, 0.3) is 0 Å². The summed E-state index contributed by atoms with van der Waals surface area (Å²) in [6.45, 7) is 8.54. The molecule has 1 aliphatic carbocycles. The van der Waals surface area contributed by atoms with Crippen LogP contribution >= 0.6 is 0 Å². The Labute approximate surface area is 100 Å². The number of rotatable bonds is 6. The van der Waals surface area contributed by atoms with E-state index in [1.807, 2.05) is 0 Å². The molecule has 1 aliphatic rings. The smallest absolute Gasteiger partial charge is 0.226 e. The van der Waals surface area contributed by atoms with Gasteiger partial charge in [0.1, 0.15) is 0 Å². The third kappa shape index (κ3) is 2.58. The molecule has 1 unspecified atom stereocenters. The Balaban J connectivity index is 2.54. The third-order valence-electron chi connectivity index (χ3n) is 4.73. The van der Waals surface area contributed by atoms with Crippen molar-refractivity contribution in [1.29, 1.82) is 0 Å². The van der Waals surface area contributed by atoms with Crippen LogP contribution in [0.1, 0.15) is 66.2 Å². The summed E-state index contributed by atoms with van der Waals surface area (Å²) in [5.74, 6) is 1.01. The molecule has 1 amide bonds. The molecule has 16 heavy (non-hydrogen) atoms. The number of nitrogens with one attached hydrogen (secondary N) is 1. The summed E-state index contributed by atoms with van der Waals surface area (Å²) in [4.78, 5) is 12.3. The molecule has 0 spiro atoms. The number of hydrogen-bond donors (Lipinski definition) is 1. The Kier molecular flexibility index (Phi) is 4.82.